The van der Waals surface area contributed by atoms with E-state index in [4.69, 9.17) is 5.11 Å². The molecule has 0 atom stereocenters. The van der Waals surface area contributed by atoms with Gasteiger partial charge in [0.25, 0.3) is 0 Å². The summed E-state index contributed by atoms with van der Waals surface area (Å²) in [7, 11) is 0. The highest BCUT2D eigenvalue weighted by Crippen LogP contribution is 2.01. The van der Waals surface area contributed by atoms with Crippen LogP contribution in [0.1, 0.15) is 18.9 Å². The van der Waals surface area contributed by atoms with Crippen molar-refractivity contribution >= 4 is 5.91 Å². The highest BCUT2D eigenvalue weighted by molar-refractivity contribution is 5.75. The summed E-state index contributed by atoms with van der Waals surface area (Å²) in [6.07, 6.45) is 4.19. The number of hydrogen-bond donors (Lipinski definition) is 2. The summed E-state index contributed by atoms with van der Waals surface area (Å²) >= 11 is 0. The van der Waals surface area contributed by atoms with Crippen LogP contribution in [0.4, 0.5) is 0 Å². The van der Waals surface area contributed by atoms with Crippen molar-refractivity contribution in [3.05, 3.63) is 24.0 Å². The van der Waals surface area contributed by atoms with Crippen molar-refractivity contribution in [2.24, 2.45) is 0 Å². The van der Waals surface area contributed by atoms with E-state index in [0.29, 0.717) is 19.5 Å². The predicted octanol–water partition coefficient (Wildman–Crippen LogP) is 0.507. The molecule has 0 saturated carbocycles. The number of rotatable bonds is 5. The molecule has 78 valence electrons. The fourth-order valence-corrected chi connectivity index (χ4v) is 1.24. The third-order valence-electron chi connectivity index (χ3n) is 1.97. The molecule has 1 rings (SSSR count). The molecule has 0 aliphatic heterocycles. The molecule has 2 N–H and O–H groups in total. The topological polar surface area (TPSA) is 54.3 Å². The van der Waals surface area contributed by atoms with Crippen LogP contribution >= 0.6 is 0 Å². The maximum atomic E-state index is 11.1. The molecule has 1 heterocycles. The molecular formula is C10H16N2O2. The van der Waals surface area contributed by atoms with Gasteiger partial charge in [-0.15, -0.1) is 0 Å². The summed E-state index contributed by atoms with van der Waals surface area (Å²) in [5, 5.41) is 11.6. The molecule has 0 fully saturated rings. The summed E-state index contributed by atoms with van der Waals surface area (Å²) in [6, 6.07) is 1.84. The van der Waals surface area contributed by atoms with Gasteiger partial charge in [0.2, 0.25) is 5.91 Å². The van der Waals surface area contributed by atoms with Crippen molar-refractivity contribution in [2.45, 2.75) is 26.5 Å². The standard InChI is InChI=1S/C10H16N2O2/c1-2-11-10(14)4-6-12-5-3-9(7-12)8-13/h3,5,7,13H,2,4,6,8H2,1H3,(H,11,14). The molecule has 0 saturated heterocycles. The number of hydrogen-bond acceptors (Lipinski definition) is 2. The van der Waals surface area contributed by atoms with E-state index in [1.807, 2.05) is 30.0 Å². The van der Waals surface area contributed by atoms with Crippen LogP contribution in [0, 0.1) is 0 Å². The van der Waals surface area contributed by atoms with Gasteiger partial charge in [-0.3, -0.25) is 4.79 Å². The Morgan fingerprint density at radius 2 is 2.43 bits per heavy atom. The zero-order valence-corrected chi connectivity index (χ0v) is 8.36. The molecule has 0 aliphatic carbocycles. The molecule has 14 heavy (non-hydrogen) atoms. The van der Waals surface area contributed by atoms with E-state index in [-0.39, 0.29) is 12.5 Å². The lowest BCUT2D eigenvalue weighted by Gasteiger charge is -2.02. The largest absolute Gasteiger partial charge is 0.392 e. The van der Waals surface area contributed by atoms with Crippen molar-refractivity contribution < 1.29 is 9.90 Å². The second-order valence-electron chi connectivity index (χ2n) is 3.12. The normalized spacial score (nSPS) is 10.1. The van der Waals surface area contributed by atoms with Crippen LogP contribution in [0.15, 0.2) is 18.5 Å². The van der Waals surface area contributed by atoms with Crippen LogP contribution in [-0.4, -0.2) is 22.1 Å². The van der Waals surface area contributed by atoms with Gasteiger partial charge in [0, 0.05) is 31.9 Å². The molecule has 0 bridgehead atoms. The average Bonchev–Trinajstić information content (AvgIpc) is 2.63. The predicted molar refractivity (Wildman–Crippen MR) is 53.7 cm³/mol. The van der Waals surface area contributed by atoms with E-state index in [1.54, 1.807) is 0 Å². The Hall–Kier alpha value is -1.29. The van der Waals surface area contributed by atoms with E-state index >= 15 is 0 Å². The summed E-state index contributed by atoms with van der Waals surface area (Å²) in [5.74, 6) is 0.0618. The van der Waals surface area contributed by atoms with E-state index in [0.717, 1.165) is 5.56 Å². The van der Waals surface area contributed by atoms with Crippen LogP contribution in [0.3, 0.4) is 0 Å². The minimum Gasteiger partial charge on any atom is -0.392 e. The molecular weight excluding hydrogens is 180 g/mol. The van der Waals surface area contributed by atoms with Gasteiger partial charge in [-0.25, -0.2) is 0 Å². The third kappa shape index (κ3) is 3.22. The minimum absolute atomic E-state index is 0.0498. The number of aromatic nitrogens is 1. The number of nitrogens with zero attached hydrogens (tertiary/aromatic N) is 1. The molecule has 1 aromatic heterocycles. The maximum Gasteiger partial charge on any atom is 0.221 e. The summed E-state index contributed by atoms with van der Waals surface area (Å²) < 4.78 is 1.90. The molecule has 1 amide bonds. The Kier molecular flexibility index (Phi) is 4.19. The van der Waals surface area contributed by atoms with Crippen LogP contribution in [0.25, 0.3) is 0 Å². The molecule has 4 nitrogen and oxygen atoms in total. The maximum absolute atomic E-state index is 11.1. The van der Waals surface area contributed by atoms with Gasteiger partial charge in [0.1, 0.15) is 0 Å². The zero-order chi connectivity index (χ0) is 10.4. The van der Waals surface area contributed by atoms with Crippen LogP contribution in [-0.2, 0) is 17.9 Å². The second-order valence-corrected chi connectivity index (χ2v) is 3.12. The molecule has 0 aromatic carbocycles. The molecule has 0 aliphatic rings. The summed E-state index contributed by atoms with van der Waals surface area (Å²) in [6.45, 7) is 3.28. The van der Waals surface area contributed by atoms with Gasteiger partial charge in [-0.05, 0) is 18.6 Å². The Balaban J connectivity index is 2.34. The first-order valence-electron chi connectivity index (χ1n) is 4.78. The van der Waals surface area contributed by atoms with Crippen molar-refractivity contribution in [1.29, 1.82) is 0 Å². The lowest BCUT2D eigenvalue weighted by molar-refractivity contribution is -0.121. The molecule has 4 heteroatoms. The molecule has 1 aromatic rings. The van der Waals surface area contributed by atoms with Gasteiger partial charge in [0.05, 0.1) is 6.61 Å². The number of nitrogens with one attached hydrogen (secondary N) is 1. The van der Waals surface area contributed by atoms with Crippen LogP contribution in [0.2, 0.25) is 0 Å². The second kappa shape index (κ2) is 5.44. The van der Waals surface area contributed by atoms with E-state index in [2.05, 4.69) is 5.32 Å². The van der Waals surface area contributed by atoms with E-state index in [1.165, 1.54) is 0 Å². The van der Waals surface area contributed by atoms with Crippen molar-refractivity contribution in [2.75, 3.05) is 6.54 Å². The zero-order valence-electron chi connectivity index (χ0n) is 8.36. The van der Waals surface area contributed by atoms with Gasteiger partial charge < -0.3 is 15.0 Å². The fourth-order valence-electron chi connectivity index (χ4n) is 1.24. The first-order valence-corrected chi connectivity index (χ1v) is 4.78. The molecule has 0 unspecified atom stereocenters. The number of carbonyl (C=O) groups is 1. The summed E-state index contributed by atoms with van der Waals surface area (Å²) in [5.41, 5.74) is 0.876. The number of aryl methyl sites for hydroxylation is 1. The lowest BCUT2D eigenvalue weighted by Crippen LogP contribution is -2.23. The number of aliphatic hydroxyl groups excluding tert-OH is 1. The van der Waals surface area contributed by atoms with Gasteiger partial charge in [-0.2, -0.15) is 0 Å². The minimum atomic E-state index is 0.0498. The van der Waals surface area contributed by atoms with Gasteiger partial charge in [-0.1, -0.05) is 0 Å². The summed E-state index contributed by atoms with van der Waals surface area (Å²) in [4.78, 5) is 11.1. The van der Waals surface area contributed by atoms with Crippen molar-refractivity contribution in [1.82, 2.24) is 9.88 Å². The lowest BCUT2D eigenvalue weighted by atomic mass is 10.4. The molecule has 0 radical (unpaired) electrons. The fraction of sp³-hybridized carbons (Fsp3) is 0.500. The SMILES string of the molecule is CCNC(=O)CCn1ccc(CO)c1. The highest BCUT2D eigenvalue weighted by atomic mass is 16.3. The van der Waals surface area contributed by atoms with Crippen LogP contribution < -0.4 is 5.32 Å². The number of carbonyl (C=O) groups excluding carboxylic acids is 1. The van der Waals surface area contributed by atoms with Gasteiger partial charge in [0.15, 0.2) is 0 Å². The number of aliphatic hydroxyl groups is 1. The number of amides is 1. The Bertz CT molecular complexity index is 294. The van der Waals surface area contributed by atoms with E-state index < -0.39 is 0 Å². The first kappa shape index (κ1) is 10.8. The quantitative estimate of drug-likeness (QED) is 0.720. The average molecular weight is 196 g/mol. The van der Waals surface area contributed by atoms with Gasteiger partial charge >= 0.3 is 0 Å². The van der Waals surface area contributed by atoms with Crippen molar-refractivity contribution in [3.63, 3.8) is 0 Å². The first-order chi connectivity index (χ1) is 6.76. The van der Waals surface area contributed by atoms with E-state index in [9.17, 15) is 4.79 Å². The Labute approximate surface area is 83.5 Å². The molecule has 0 spiro atoms. The Morgan fingerprint density at radius 3 is 3.00 bits per heavy atom. The monoisotopic (exact) mass is 196 g/mol. The Morgan fingerprint density at radius 1 is 1.64 bits per heavy atom. The smallest absolute Gasteiger partial charge is 0.221 e. The third-order valence-corrected chi connectivity index (χ3v) is 1.97. The van der Waals surface area contributed by atoms with Crippen molar-refractivity contribution in [3.8, 4) is 0 Å². The van der Waals surface area contributed by atoms with Crippen LogP contribution in [0.5, 0.6) is 0 Å². The highest BCUT2D eigenvalue weighted by Gasteiger charge is 2.00.